The smallest absolute Gasteiger partial charge is 0.120 e. The second kappa shape index (κ2) is 6.75. The van der Waals surface area contributed by atoms with Crippen LogP contribution in [0, 0.1) is 11.3 Å². The van der Waals surface area contributed by atoms with Gasteiger partial charge in [0.05, 0.1) is 6.07 Å². The standard InChI is InChI=1S/C19H20N4O/c1-19(13-20,23-21)10-15-11-22-18-8-7-16(9-17(15)18)24-12-14-5-3-2-4-6-14/h2-9,11,22-23H,10,12,21H2,1H3. The average Bonchev–Trinajstić information content (AvgIpc) is 3.02. The molecule has 0 saturated heterocycles. The van der Waals surface area contributed by atoms with Gasteiger partial charge in [0, 0.05) is 23.5 Å². The second-order valence-corrected chi connectivity index (χ2v) is 6.06. The van der Waals surface area contributed by atoms with Gasteiger partial charge in [-0.3, -0.25) is 5.84 Å². The molecular formula is C19H20N4O. The quantitative estimate of drug-likeness (QED) is 0.481. The summed E-state index contributed by atoms with van der Waals surface area (Å²) in [7, 11) is 0. The van der Waals surface area contributed by atoms with Crippen LogP contribution in [0.1, 0.15) is 18.1 Å². The molecule has 0 saturated carbocycles. The van der Waals surface area contributed by atoms with E-state index in [1.807, 2.05) is 54.7 Å². The van der Waals surface area contributed by atoms with Crippen LogP contribution in [-0.2, 0) is 13.0 Å². The van der Waals surface area contributed by atoms with Crippen molar-refractivity contribution in [2.45, 2.75) is 25.5 Å². The average molecular weight is 320 g/mol. The predicted molar refractivity (Wildman–Crippen MR) is 94.1 cm³/mol. The van der Waals surface area contributed by atoms with Crippen molar-refractivity contribution in [3.05, 3.63) is 65.9 Å². The predicted octanol–water partition coefficient (Wildman–Crippen LogP) is 3.03. The van der Waals surface area contributed by atoms with Gasteiger partial charge in [0.15, 0.2) is 0 Å². The number of ether oxygens (including phenoxy) is 1. The number of nitrogens with zero attached hydrogens (tertiary/aromatic N) is 1. The lowest BCUT2D eigenvalue weighted by Crippen LogP contribution is -2.47. The van der Waals surface area contributed by atoms with Crippen molar-refractivity contribution in [2.24, 2.45) is 5.84 Å². The van der Waals surface area contributed by atoms with Crippen LogP contribution in [0.2, 0.25) is 0 Å². The lowest BCUT2D eigenvalue weighted by atomic mass is 9.95. The summed E-state index contributed by atoms with van der Waals surface area (Å²) in [6, 6.07) is 18.2. The van der Waals surface area contributed by atoms with E-state index in [0.29, 0.717) is 13.0 Å². The van der Waals surface area contributed by atoms with Crippen molar-refractivity contribution in [2.75, 3.05) is 0 Å². The molecule has 2 aromatic carbocycles. The van der Waals surface area contributed by atoms with Crippen molar-refractivity contribution >= 4 is 10.9 Å². The maximum absolute atomic E-state index is 9.29. The summed E-state index contributed by atoms with van der Waals surface area (Å²) < 4.78 is 5.89. The molecule has 0 radical (unpaired) electrons. The molecule has 0 bridgehead atoms. The maximum Gasteiger partial charge on any atom is 0.120 e. The summed E-state index contributed by atoms with van der Waals surface area (Å²) in [6.45, 7) is 2.30. The molecule has 3 aromatic rings. The number of hydrogen-bond acceptors (Lipinski definition) is 4. The first-order valence-electron chi connectivity index (χ1n) is 7.79. The van der Waals surface area contributed by atoms with Crippen molar-refractivity contribution in [1.82, 2.24) is 10.4 Å². The molecule has 122 valence electrons. The number of hydrogen-bond donors (Lipinski definition) is 3. The van der Waals surface area contributed by atoms with Gasteiger partial charge in [0.25, 0.3) is 0 Å². The highest BCUT2D eigenvalue weighted by atomic mass is 16.5. The summed E-state index contributed by atoms with van der Waals surface area (Å²) in [5, 5.41) is 10.3. The molecule has 0 aliphatic carbocycles. The third-order valence-corrected chi connectivity index (χ3v) is 4.10. The number of benzene rings is 2. The van der Waals surface area contributed by atoms with Gasteiger partial charge in [-0.2, -0.15) is 5.26 Å². The van der Waals surface area contributed by atoms with E-state index in [2.05, 4.69) is 16.5 Å². The molecule has 1 atom stereocenters. The van der Waals surface area contributed by atoms with Crippen molar-refractivity contribution in [1.29, 1.82) is 5.26 Å². The Labute approximate surface area is 141 Å². The summed E-state index contributed by atoms with van der Waals surface area (Å²) in [4.78, 5) is 3.23. The fourth-order valence-corrected chi connectivity index (χ4v) is 2.64. The Morgan fingerprint density at radius 3 is 2.75 bits per heavy atom. The molecule has 0 fully saturated rings. The van der Waals surface area contributed by atoms with Gasteiger partial charge < -0.3 is 9.72 Å². The van der Waals surface area contributed by atoms with Gasteiger partial charge >= 0.3 is 0 Å². The van der Waals surface area contributed by atoms with Crippen LogP contribution in [0.3, 0.4) is 0 Å². The zero-order valence-electron chi connectivity index (χ0n) is 13.5. The fraction of sp³-hybridized carbons (Fsp3) is 0.211. The van der Waals surface area contributed by atoms with Gasteiger partial charge in [-0.15, -0.1) is 0 Å². The molecule has 0 spiro atoms. The number of nitrogens with two attached hydrogens (primary N) is 1. The van der Waals surface area contributed by atoms with Gasteiger partial charge in [0.2, 0.25) is 0 Å². The molecule has 5 nitrogen and oxygen atoms in total. The summed E-state index contributed by atoms with van der Waals surface area (Å²) in [5.41, 5.74) is 4.93. The first-order valence-corrected chi connectivity index (χ1v) is 7.79. The molecule has 0 amide bonds. The molecule has 24 heavy (non-hydrogen) atoms. The molecule has 5 heteroatoms. The van der Waals surface area contributed by atoms with Crippen LogP contribution in [0.15, 0.2) is 54.7 Å². The molecule has 1 heterocycles. The lowest BCUT2D eigenvalue weighted by Gasteiger charge is -2.19. The Kier molecular flexibility index (Phi) is 4.52. The van der Waals surface area contributed by atoms with Gasteiger partial charge in [-0.25, -0.2) is 5.43 Å². The zero-order chi connectivity index (χ0) is 17.0. The van der Waals surface area contributed by atoms with Crippen LogP contribution in [0.4, 0.5) is 0 Å². The van der Waals surface area contributed by atoms with E-state index in [9.17, 15) is 5.26 Å². The third kappa shape index (κ3) is 3.40. The fourth-order valence-electron chi connectivity index (χ4n) is 2.64. The highest BCUT2D eigenvalue weighted by molar-refractivity contribution is 5.84. The maximum atomic E-state index is 9.29. The summed E-state index contributed by atoms with van der Waals surface area (Å²) in [6.07, 6.45) is 2.42. The number of hydrazine groups is 1. The Balaban J connectivity index is 1.82. The Hall–Kier alpha value is -2.81. The summed E-state index contributed by atoms with van der Waals surface area (Å²) >= 11 is 0. The van der Waals surface area contributed by atoms with Crippen molar-refractivity contribution in [3.8, 4) is 11.8 Å². The van der Waals surface area contributed by atoms with E-state index < -0.39 is 5.54 Å². The SMILES string of the molecule is CC(C#N)(Cc1c[nH]c2ccc(OCc3ccccc3)cc12)NN. The first kappa shape index (κ1) is 16.1. The zero-order valence-corrected chi connectivity index (χ0v) is 13.5. The molecule has 3 rings (SSSR count). The van der Waals surface area contributed by atoms with E-state index in [1.165, 1.54) is 0 Å². The topological polar surface area (TPSA) is 86.9 Å². The molecule has 4 N–H and O–H groups in total. The molecule has 1 unspecified atom stereocenters. The Morgan fingerprint density at radius 2 is 2.04 bits per heavy atom. The monoisotopic (exact) mass is 320 g/mol. The van der Waals surface area contributed by atoms with E-state index in [-0.39, 0.29) is 0 Å². The minimum Gasteiger partial charge on any atom is -0.489 e. The molecule has 0 aliphatic rings. The lowest BCUT2D eigenvalue weighted by molar-refractivity contribution is 0.306. The Morgan fingerprint density at radius 1 is 1.25 bits per heavy atom. The molecule has 0 aliphatic heterocycles. The van der Waals surface area contributed by atoms with Crippen molar-refractivity contribution in [3.63, 3.8) is 0 Å². The number of nitriles is 1. The second-order valence-electron chi connectivity index (χ2n) is 6.06. The normalized spacial score (nSPS) is 13.4. The number of fused-ring (bicyclic) bond motifs is 1. The summed E-state index contributed by atoms with van der Waals surface area (Å²) in [5.74, 6) is 6.31. The molecular weight excluding hydrogens is 300 g/mol. The highest BCUT2D eigenvalue weighted by Gasteiger charge is 2.23. The minimum absolute atomic E-state index is 0.502. The number of rotatable bonds is 6. The number of nitrogens with one attached hydrogen (secondary N) is 2. The van der Waals surface area contributed by atoms with Crippen LogP contribution < -0.4 is 16.0 Å². The molecule has 1 aromatic heterocycles. The van der Waals surface area contributed by atoms with E-state index >= 15 is 0 Å². The van der Waals surface area contributed by atoms with Gasteiger partial charge in [0.1, 0.15) is 17.9 Å². The highest BCUT2D eigenvalue weighted by Crippen LogP contribution is 2.26. The van der Waals surface area contributed by atoms with Crippen LogP contribution in [-0.4, -0.2) is 10.5 Å². The Bertz CT molecular complexity index is 866. The van der Waals surface area contributed by atoms with Crippen LogP contribution in [0.5, 0.6) is 5.75 Å². The third-order valence-electron chi connectivity index (χ3n) is 4.10. The van der Waals surface area contributed by atoms with Crippen LogP contribution >= 0.6 is 0 Å². The largest absolute Gasteiger partial charge is 0.489 e. The number of aromatic amines is 1. The van der Waals surface area contributed by atoms with Gasteiger partial charge in [-0.1, -0.05) is 30.3 Å². The van der Waals surface area contributed by atoms with E-state index in [4.69, 9.17) is 10.6 Å². The minimum atomic E-state index is -0.810. The van der Waals surface area contributed by atoms with Crippen molar-refractivity contribution < 1.29 is 4.74 Å². The van der Waals surface area contributed by atoms with Gasteiger partial charge in [-0.05, 0) is 36.2 Å². The van der Waals surface area contributed by atoms with E-state index in [0.717, 1.165) is 27.8 Å². The number of H-pyrrole nitrogens is 1. The van der Waals surface area contributed by atoms with E-state index in [1.54, 1.807) is 6.92 Å². The first-order chi connectivity index (χ1) is 11.6. The van der Waals surface area contributed by atoms with Crippen LogP contribution in [0.25, 0.3) is 10.9 Å². The number of aromatic nitrogens is 1.